The smallest absolute Gasteiger partial charge is 0.270 e. The molecule has 1 fully saturated rings. The van der Waals surface area contributed by atoms with Gasteiger partial charge in [-0.1, -0.05) is 13.0 Å². The summed E-state index contributed by atoms with van der Waals surface area (Å²) >= 11 is 0. The van der Waals surface area contributed by atoms with Crippen LogP contribution in [-0.2, 0) is 0 Å². The molecule has 0 spiro atoms. The van der Waals surface area contributed by atoms with E-state index < -0.39 is 10.8 Å². The number of carbonyl (C=O) groups is 1. The van der Waals surface area contributed by atoms with Gasteiger partial charge in [0.05, 0.1) is 4.92 Å². The maximum Gasteiger partial charge on any atom is 0.270 e. The molecule has 8 heteroatoms. The Hall–Kier alpha value is -3.03. The molecular weight excluding hydrogens is 322 g/mol. The van der Waals surface area contributed by atoms with Gasteiger partial charge in [-0.05, 0) is 24.8 Å². The van der Waals surface area contributed by atoms with Gasteiger partial charge >= 0.3 is 0 Å². The van der Waals surface area contributed by atoms with Crippen molar-refractivity contribution in [2.45, 2.75) is 19.8 Å². The lowest BCUT2D eigenvalue weighted by molar-refractivity contribution is -0.384. The van der Waals surface area contributed by atoms with Crippen molar-refractivity contribution >= 4 is 23.2 Å². The Morgan fingerprint density at radius 3 is 2.76 bits per heavy atom. The first-order valence-corrected chi connectivity index (χ1v) is 8.16. The van der Waals surface area contributed by atoms with Crippen molar-refractivity contribution in [1.29, 1.82) is 0 Å². The molecule has 0 saturated carbocycles. The van der Waals surface area contributed by atoms with E-state index in [1.807, 2.05) is 0 Å². The van der Waals surface area contributed by atoms with Crippen molar-refractivity contribution in [3.63, 3.8) is 0 Å². The molecular formula is C17H19N5O3. The van der Waals surface area contributed by atoms with Gasteiger partial charge in [0.2, 0.25) is 0 Å². The molecule has 1 aliphatic rings. The van der Waals surface area contributed by atoms with Crippen LogP contribution in [0.3, 0.4) is 0 Å². The van der Waals surface area contributed by atoms with Gasteiger partial charge in [-0.15, -0.1) is 0 Å². The summed E-state index contributed by atoms with van der Waals surface area (Å²) < 4.78 is 0. The minimum atomic E-state index is -0.531. The molecule has 0 aliphatic carbocycles. The Morgan fingerprint density at radius 2 is 2.04 bits per heavy atom. The van der Waals surface area contributed by atoms with Crippen LogP contribution in [0.2, 0.25) is 0 Å². The predicted molar refractivity (Wildman–Crippen MR) is 93.7 cm³/mol. The molecule has 3 rings (SSSR count). The van der Waals surface area contributed by atoms with Crippen LogP contribution in [0.15, 0.2) is 36.7 Å². The molecule has 25 heavy (non-hydrogen) atoms. The van der Waals surface area contributed by atoms with Crippen molar-refractivity contribution in [2.24, 2.45) is 5.92 Å². The zero-order valence-corrected chi connectivity index (χ0v) is 13.9. The molecule has 2 aromatic rings. The van der Waals surface area contributed by atoms with Gasteiger partial charge in [-0.3, -0.25) is 14.9 Å². The fraction of sp³-hybridized carbons (Fsp3) is 0.353. The van der Waals surface area contributed by atoms with Crippen molar-refractivity contribution < 1.29 is 9.72 Å². The highest BCUT2D eigenvalue weighted by atomic mass is 16.6. The fourth-order valence-corrected chi connectivity index (χ4v) is 2.78. The minimum Gasteiger partial charge on any atom is -0.356 e. The molecule has 1 N–H and O–H groups in total. The maximum absolute atomic E-state index is 12.3. The quantitative estimate of drug-likeness (QED) is 0.678. The van der Waals surface area contributed by atoms with Crippen LogP contribution in [0.4, 0.5) is 17.3 Å². The van der Waals surface area contributed by atoms with Gasteiger partial charge in [0.1, 0.15) is 18.0 Å². The molecule has 1 saturated heterocycles. The number of aromatic nitrogens is 2. The number of nitro benzene ring substituents is 1. The summed E-state index contributed by atoms with van der Waals surface area (Å²) in [5, 5.41) is 13.5. The van der Waals surface area contributed by atoms with Gasteiger partial charge < -0.3 is 10.2 Å². The molecule has 1 aromatic heterocycles. The number of amides is 1. The summed E-state index contributed by atoms with van der Waals surface area (Å²) in [5.74, 6) is 1.42. The normalized spacial score (nSPS) is 15.0. The van der Waals surface area contributed by atoms with E-state index in [-0.39, 0.29) is 11.3 Å². The number of rotatable bonds is 4. The summed E-state index contributed by atoms with van der Waals surface area (Å²) in [4.78, 5) is 33.1. The molecule has 0 atom stereocenters. The average molecular weight is 341 g/mol. The van der Waals surface area contributed by atoms with Gasteiger partial charge in [-0.2, -0.15) is 0 Å². The van der Waals surface area contributed by atoms with Crippen molar-refractivity contribution in [2.75, 3.05) is 23.3 Å². The van der Waals surface area contributed by atoms with Gasteiger partial charge in [-0.25, -0.2) is 9.97 Å². The summed E-state index contributed by atoms with van der Waals surface area (Å²) in [6, 6.07) is 7.31. The topological polar surface area (TPSA) is 101 Å². The van der Waals surface area contributed by atoms with E-state index in [2.05, 4.69) is 27.1 Å². The second kappa shape index (κ2) is 7.25. The fourth-order valence-electron chi connectivity index (χ4n) is 2.78. The highest BCUT2D eigenvalue weighted by molar-refractivity contribution is 6.04. The van der Waals surface area contributed by atoms with Crippen LogP contribution in [-0.4, -0.2) is 33.9 Å². The summed E-state index contributed by atoms with van der Waals surface area (Å²) in [6.07, 6.45) is 3.63. The highest BCUT2D eigenvalue weighted by Gasteiger charge is 2.18. The molecule has 1 aliphatic heterocycles. The number of hydrogen-bond acceptors (Lipinski definition) is 6. The van der Waals surface area contributed by atoms with Crippen LogP contribution in [0.1, 0.15) is 30.1 Å². The van der Waals surface area contributed by atoms with E-state index in [0.29, 0.717) is 11.7 Å². The lowest BCUT2D eigenvalue weighted by atomic mass is 9.99. The Labute approximate surface area is 145 Å². The first kappa shape index (κ1) is 16.8. The molecule has 8 nitrogen and oxygen atoms in total. The molecule has 0 bridgehead atoms. The number of nitrogens with one attached hydrogen (secondary N) is 1. The average Bonchev–Trinajstić information content (AvgIpc) is 2.62. The number of nitro groups is 1. The van der Waals surface area contributed by atoms with Crippen LogP contribution < -0.4 is 10.2 Å². The number of non-ortho nitro benzene ring substituents is 1. The van der Waals surface area contributed by atoms with E-state index in [1.54, 1.807) is 6.07 Å². The largest absolute Gasteiger partial charge is 0.356 e. The van der Waals surface area contributed by atoms with Crippen LogP contribution in [0.25, 0.3) is 0 Å². The number of nitrogens with zero attached hydrogens (tertiary/aromatic N) is 4. The number of anilines is 2. The highest BCUT2D eigenvalue weighted by Crippen LogP contribution is 2.22. The van der Waals surface area contributed by atoms with Gasteiger partial charge in [0.25, 0.3) is 11.6 Å². The summed E-state index contributed by atoms with van der Waals surface area (Å²) in [6.45, 7) is 4.09. The molecule has 1 aromatic carbocycles. The van der Waals surface area contributed by atoms with Crippen LogP contribution >= 0.6 is 0 Å². The Bertz CT molecular complexity index is 787. The molecule has 0 unspecified atom stereocenters. The number of carbonyl (C=O) groups excluding carboxylic acids is 1. The van der Waals surface area contributed by atoms with Crippen molar-refractivity contribution in [1.82, 2.24) is 9.97 Å². The number of hydrogen-bond donors (Lipinski definition) is 1. The summed E-state index contributed by atoms with van der Waals surface area (Å²) in [5.41, 5.74) is 0.0830. The van der Waals surface area contributed by atoms with E-state index in [0.717, 1.165) is 31.7 Å². The standard InChI is InChI=1S/C17H19N5O3/c1-12-5-7-21(8-6-12)16-10-15(18-11-19-16)20-17(23)13-3-2-4-14(9-13)22(24)25/h2-4,9-12H,5-8H2,1H3,(H,18,19,20,23). The van der Waals surface area contributed by atoms with Gasteiger partial charge in [0, 0.05) is 36.9 Å². The summed E-state index contributed by atoms with van der Waals surface area (Å²) in [7, 11) is 0. The predicted octanol–water partition coefficient (Wildman–Crippen LogP) is 2.87. The van der Waals surface area contributed by atoms with E-state index in [1.165, 1.54) is 30.6 Å². The Balaban J connectivity index is 1.72. The number of benzene rings is 1. The van der Waals surface area contributed by atoms with E-state index in [4.69, 9.17) is 0 Å². The van der Waals surface area contributed by atoms with Crippen LogP contribution in [0.5, 0.6) is 0 Å². The van der Waals surface area contributed by atoms with Crippen molar-refractivity contribution in [3.05, 3.63) is 52.3 Å². The lowest BCUT2D eigenvalue weighted by Crippen LogP contribution is -2.33. The van der Waals surface area contributed by atoms with Crippen molar-refractivity contribution in [3.8, 4) is 0 Å². The van der Waals surface area contributed by atoms with E-state index in [9.17, 15) is 14.9 Å². The van der Waals surface area contributed by atoms with Gasteiger partial charge in [0.15, 0.2) is 0 Å². The Morgan fingerprint density at radius 1 is 1.28 bits per heavy atom. The minimum absolute atomic E-state index is 0.126. The third kappa shape index (κ3) is 4.09. The van der Waals surface area contributed by atoms with E-state index >= 15 is 0 Å². The molecule has 1 amide bonds. The zero-order valence-electron chi connectivity index (χ0n) is 13.9. The molecule has 130 valence electrons. The zero-order chi connectivity index (χ0) is 17.8. The second-order valence-corrected chi connectivity index (χ2v) is 6.19. The lowest BCUT2D eigenvalue weighted by Gasteiger charge is -2.31. The third-order valence-corrected chi connectivity index (χ3v) is 4.32. The molecule has 2 heterocycles. The molecule has 0 radical (unpaired) electrons. The second-order valence-electron chi connectivity index (χ2n) is 6.19. The van der Waals surface area contributed by atoms with Crippen LogP contribution in [0, 0.1) is 16.0 Å². The maximum atomic E-state index is 12.3. The number of piperidine rings is 1. The SMILES string of the molecule is CC1CCN(c2cc(NC(=O)c3cccc([N+](=O)[O-])c3)ncn2)CC1. The monoisotopic (exact) mass is 341 g/mol. The first-order valence-electron chi connectivity index (χ1n) is 8.16. The Kier molecular flexibility index (Phi) is 4.87. The third-order valence-electron chi connectivity index (χ3n) is 4.32. The first-order chi connectivity index (χ1) is 12.0.